The summed E-state index contributed by atoms with van der Waals surface area (Å²) in [7, 11) is 0. The van der Waals surface area contributed by atoms with Crippen molar-refractivity contribution in [2.75, 3.05) is 11.1 Å². The molecule has 0 radical (unpaired) electrons. The minimum Gasteiger partial charge on any atom is -0.392 e. The Morgan fingerprint density at radius 2 is 2.41 bits per heavy atom. The molecule has 1 aromatic rings. The molecule has 1 amide bonds. The molecule has 1 rings (SSSR count). The molecule has 6 heteroatoms. The number of nitriles is 1. The van der Waals surface area contributed by atoms with Gasteiger partial charge in [-0.3, -0.25) is 4.79 Å². The van der Waals surface area contributed by atoms with Crippen LogP contribution in [0.5, 0.6) is 0 Å². The SMILES string of the molecule is CC(O)C(C)SCC(=O)Nc1sccc1C#N. The second-order valence-electron chi connectivity index (χ2n) is 3.58. The molecule has 92 valence electrons. The van der Waals surface area contributed by atoms with Crippen LogP contribution in [0.1, 0.15) is 19.4 Å². The second kappa shape index (κ2) is 6.64. The van der Waals surface area contributed by atoms with E-state index in [-0.39, 0.29) is 16.9 Å². The van der Waals surface area contributed by atoms with Crippen LogP contribution >= 0.6 is 23.1 Å². The van der Waals surface area contributed by atoms with Gasteiger partial charge in [-0.25, -0.2) is 0 Å². The summed E-state index contributed by atoms with van der Waals surface area (Å²) < 4.78 is 0. The Labute approximate surface area is 109 Å². The summed E-state index contributed by atoms with van der Waals surface area (Å²) in [5, 5.41) is 23.1. The lowest BCUT2D eigenvalue weighted by atomic mass is 10.3. The topological polar surface area (TPSA) is 73.1 Å². The fraction of sp³-hybridized carbons (Fsp3) is 0.455. The summed E-state index contributed by atoms with van der Waals surface area (Å²) in [6, 6.07) is 3.69. The van der Waals surface area contributed by atoms with Gasteiger partial charge in [-0.05, 0) is 18.4 Å². The Bertz CT molecular complexity index is 423. The molecule has 2 N–H and O–H groups in total. The number of carbonyl (C=O) groups excluding carboxylic acids is 1. The van der Waals surface area contributed by atoms with Crippen molar-refractivity contribution in [3.63, 3.8) is 0 Å². The second-order valence-corrected chi connectivity index (χ2v) is 5.86. The summed E-state index contributed by atoms with van der Waals surface area (Å²) in [6.07, 6.45) is -0.441. The molecule has 0 saturated heterocycles. The monoisotopic (exact) mass is 270 g/mol. The zero-order valence-corrected chi connectivity index (χ0v) is 11.3. The molecular formula is C11H14N2O2S2. The van der Waals surface area contributed by atoms with Crippen molar-refractivity contribution in [1.29, 1.82) is 5.26 Å². The zero-order chi connectivity index (χ0) is 12.8. The summed E-state index contributed by atoms with van der Waals surface area (Å²) in [6.45, 7) is 3.57. The molecule has 1 heterocycles. The van der Waals surface area contributed by atoms with Gasteiger partial charge < -0.3 is 10.4 Å². The van der Waals surface area contributed by atoms with Crippen molar-refractivity contribution in [3.05, 3.63) is 17.0 Å². The van der Waals surface area contributed by atoms with Crippen molar-refractivity contribution >= 4 is 34.0 Å². The van der Waals surface area contributed by atoms with E-state index in [2.05, 4.69) is 5.32 Å². The molecule has 17 heavy (non-hydrogen) atoms. The van der Waals surface area contributed by atoms with E-state index in [1.165, 1.54) is 23.1 Å². The van der Waals surface area contributed by atoms with Crippen LogP contribution in [-0.2, 0) is 4.79 Å². The maximum absolute atomic E-state index is 11.6. The van der Waals surface area contributed by atoms with Gasteiger partial charge >= 0.3 is 0 Å². The minimum atomic E-state index is -0.441. The smallest absolute Gasteiger partial charge is 0.235 e. The first-order valence-corrected chi connectivity index (χ1v) is 7.04. The zero-order valence-electron chi connectivity index (χ0n) is 9.64. The van der Waals surface area contributed by atoms with Crippen molar-refractivity contribution in [3.8, 4) is 6.07 Å². The van der Waals surface area contributed by atoms with Crippen molar-refractivity contribution < 1.29 is 9.90 Å². The van der Waals surface area contributed by atoms with Gasteiger partial charge in [0.2, 0.25) is 5.91 Å². The van der Waals surface area contributed by atoms with Crippen LogP contribution in [0.2, 0.25) is 0 Å². The maximum atomic E-state index is 11.6. The molecule has 0 aliphatic heterocycles. The van der Waals surface area contributed by atoms with Gasteiger partial charge in [-0.2, -0.15) is 5.26 Å². The van der Waals surface area contributed by atoms with Gasteiger partial charge in [0.05, 0.1) is 17.4 Å². The molecule has 1 aromatic heterocycles. The Morgan fingerprint density at radius 3 is 3.00 bits per heavy atom. The molecule has 0 aliphatic rings. The average molecular weight is 270 g/mol. The minimum absolute atomic E-state index is 0.0134. The van der Waals surface area contributed by atoms with Crippen LogP contribution in [0, 0.1) is 11.3 Å². The Balaban J connectivity index is 2.43. The predicted octanol–water partition coefficient (Wildman–Crippen LogP) is 2.06. The summed E-state index contributed by atoms with van der Waals surface area (Å²) >= 11 is 2.72. The van der Waals surface area contributed by atoms with Crippen molar-refractivity contribution in [2.45, 2.75) is 25.2 Å². The number of nitrogens with zero attached hydrogens (tertiary/aromatic N) is 1. The highest BCUT2D eigenvalue weighted by molar-refractivity contribution is 8.00. The van der Waals surface area contributed by atoms with Gasteiger partial charge in [0.1, 0.15) is 11.1 Å². The fourth-order valence-corrected chi connectivity index (χ4v) is 2.52. The van der Waals surface area contributed by atoms with E-state index in [1.54, 1.807) is 18.4 Å². The van der Waals surface area contributed by atoms with E-state index in [9.17, 15) is 9.90 Å². The third-order valence-corrected chi connectivity index (χ3v) is 4.37. The Kier molecular flexibility index (Phi) is 5.48. The van der Waals surface area contributed by atoms with Crippen LogP contribution in [0.15, 0.2) is 11.4 Å². The number of aliphatic hydroxyl groups is 1. The predicted molar refractivity (Wildman–Crippen MR) is 71.3 cm³/mol. The number of carbonyl (C=O) groups is 1. The molecule has 0 aromatic carbocycles. The van der Waals surface area contributed by atoms with Crippen LogP contribution < -0.4 is 5.32 Å². The van der Waals surface area contributed by atoms with Crippen molar-refractivity contribution in [2.24, 2.45) is 0 Å². The van der Waals surface area contributed by atoms with E-state index in [0.29, 0.717) is 10.6 Å². The number of hydrogen-bond donors (Lipinski definition) is 2. The molecular weight excluding hydrogens is 256 g/mol. The quantitative estimate of drug-likeness (QED) is 0.859. The molecule has 0 saturated carbocycles. The molecule has 0 spiro atoms. The normalized spacial score (nSPS) is 13.8. The van der Waals surface area contributed by atoms with Crippen molar-refractivity contribution in [1.82, 2.24) is 0 Å². The molecule has 4 nitrogen and oxygen atoms in total. The number of thioether (sulfide) groups is 1. The fourth-order valence-electron chi connectivity index (χ4n) is 1.00. The number of thiophene rings is 1. The molecule has 2 unspecified atom stereocenters. The standard InChI is InChI=1S/C11H14N2O2S2/c1-7(14)8(2)17-6-10(15)13-11-9(5-12)3-4-16-11/h3-4,7-8,14H,6H2,1-2H3,(H,13,15). The summed E-state index contributed by atoms with van der Waals surface area (Å²) in [5.74, 6) is 0.121. The maximum Gasteiger partial charge on any atom is 0.235 e. The van der Waals surface area contributed by atoms with Crippen LogP contribution in [0.3, 0.4) is 0 Å². The highest BCUT2D eigenvalue weighted by atomic mass is 32.2. The number of aliphatic hydroxyl groups excluding tert-OH is 1. The molecule has 0 fully saturated rings. The van der Waals surface area contributed by atoms with E-state index in [0.717, 1.165) is 0 Å². The summed E-state index contributed by atoms with van der Waals surface area (Å²) in [5.41, 5.74) is 0.483. The average Bonchev–Trinajstić information content (AvgIpc) is 2.72. The largest absolute Gasteiger partial charge is 0.392 e. The lowest BCUT2D eigenvalue weighted by Crippen LogP contribution is -2.20. The number of anilines is 1. The number of amides is 1. The highest BCUT2D eigenvalue weighted by Crippen LogP contribution is 2.22. The van der Waals surface area contributed by atoms with E-state index in [4.69, 9.17) is 5.26 Å². The van der Waals surface area contributed by atoms with Gasteiger partial charge in [0.15, 0.2) is 0 Å². The highest BCUT2D eigenvalue weighted by Gasteiger charge is 2.13. The first-order valence-electron chi connectivity index (χ1n) is 5.11. The number of rotatable bonds is 5. The molecule has 2 atom stereocenters. The summed E-state index contributed by atoms with van der Waals surface area (Å²) in [4.78, 5) is 11.6. The molecule has 0 aliphatic carbocycles. The van der Waals surface area contributed by atoms with Crippen LogP contribution in [-0.4, -0.2) is 28.1 Å². The lowest BCUT2D eigenvalue weighted by molar-refractivity contribution is -0.113. The van der Waals surface area contributed by atoms with Gasteiger partial charge in [-0.1, -0.05) is 6.92 Å². The number of hydrogen-bond acceptors (Lipinski definition) is 5. The lowest BCUT2D eigenvalue weighted by Gasteiger charge is -2.13. The van der Waals surface area contributed by atoms with E-state index >= 15 is 0 Å². The van der Waals surface area contributed by atoms with Gasteiger partial charge in [0.25, 0.3) is 0 Å². The first kappa shape index (κ1) is 14.0. The number of nitrogens with one attached hydrogen (secondary N) is 1. The molecule has 0 bridgehead atoms. The van der Waals surface area contributed by atoms with Crippen LogP contribution in [0.25, 0.3) is 0 Å². The van der Waals surface area contributed by atoms with E-state index in [1.807, 2.05) is 13.0 Å². The van der Waals surface area contributed by atoms with Crippen LogP contribution in [0.4, 0.5) is 5.00 Å². The Morgan fingerprint density at radius 1 is 1.71 bits per heavy atom. The third kappa shape index (κ3) is 4.38. The Hall–Kier alpha value is -1.03. The van der Waals surface area contributed by atoms with Gasteiger partial charge in [-0.15, -0.1) is 23.1 Å². The first-order chi connectivity index (χ1) is 8.04. The third-order valence-electron chi connectivity index (χ3n) is 2.20. The van der Waals surface area contributed by atoms with E-state index < -0.39 is 6.10 Å². The van der Waals surface area contributed by atoms with Gasteiger partial charge in [0, 0.05) is 5.25 Å².